The van der Waals surface area contributed by atoms with Crippen LogP contribution in [-0.2, 0) is 6.54 Å². The molecule has 0 aliphatic rings. The highest BCUT2D eigenvalue weighted by atomic mass is 32.1. The van der Waals surface area contributed by atoms with Gasteiger partial charge >= 0.3 is 0 Å². The molecule has 0 amide bonds. The van der Waals surface area contributed by atoms with E-state index in [-0.39, 0.29) is 0 Å². The molecule has 1 aromatic carbocycles. The number of thiazole rings is 1. The topological polar surface area (TPSA) is 48.7 Å². The number of hydrogen-bond donors (Lipinski definition) is 1. The van der Waals surface area contributed by atoms with Crippen LogP contribution in [0.1, 0.15) is 10.4 Å². The lowest BCUT2D eigenvalue weighted by Crippen LogP contribution is -1.99. The first-order valence-corrected chi connectivity index (χ1v) is 5.38. The van der Waals surface area contributed by atoms with Gasteiger partial charge in [0.25, 0.3) is 0 Å². The summed E-state index contributed by atoms with van der Waals surface area (Å²) in [6.45, 7) is 0.712. The van der Waals surface area contributed by atoms with Gasteiger partial charge in [-0.2, -0.15) is 5.26 Å². The molecule has 0 aliphatic heterocycles. The first-order valence-electron chi connectivity index (χ1n) is 4.50. The fraction of sp³-hybridized carbons (Fsp3) is 0.0909. The van der Waals surface area contributed by atoms with Crippen molar-refractivity contribution in [1.29, 1.82) is 5.26 Å². The fourth-order valence-corrected chi connectivity index (χ4v) is 1.78. The molecule has 15 heavy (non-hydrogen) atoms. The van der Waals surface area contributed by atoms with E-state index in [2.05, 4.69) is 16.4 Å². The van der Waals surface area contributed by atoms with Crippen LogP contribution in [0.4, 0.5) is 5.69 Å². The second-order valence-corrected chi connectivity index (χ2v) is 3.95. The number of nitrogens with zero attached hydrogens (tertiary/aromatic N) is 2. The average molecular weight is 215 g/mol. The van der Waals surface area contributed by atoms with Crippen LogP contribution in [0.2, 0.25) is 0 Å². The van der Waals surface area contributed by atoms with Crippen LogP contribution in [0.5, 0.6) is 0 Å². The Labute approximate surface area is 92.0 Å². The minimum Gasteiger partial charge on any atom is -0.379 e. The maximum atomic E-state index is 8.88. The molecule has 0 saturated carbocycles. The normalized spacial score (nSPS) is 9.53. The molecule has 0 radical (unpaired) electrons. The monoisotopic (exact) mass is 215 g/mol. The summed E-state index contributed by atoms with van der Waals surface area (Å²) in [4.78, 5) is 5.15. The Kier molecular flexibility index (Phi) is 2.96. The molecule has 0 bridgehead atoms. The second-order valence-electron chi connectivity index (χ2n) is 2.98. The van der Waals surface area contributed by atoms with Crippen LogP contribution in [0.15, 0.2) is 36.0 Å². The molecular weight excluding hydrogens is 206 g/mol. The Balaban J connectivity index is 2.08. The standard InChI is InChI=1S/C11H9N3S/c12-5-9-3-1-2-4-11(9)14-7-10-6-13-8-15-10/h1-4,6,8,14H,7H2. The number of hydrogen-bond acceptors (Lipinski definition) is 4. The molecule has 0 aliphatic carbocycles. The maximum absolute atomic E-state index is 8.88. The van der Waals surface area contributed by atoms with E-state index in [0.29, 0.717) is 12.1 Å². The molecule has 74 valence electrons. The predicted octanol–water partition coefficient (Wildman–Crippen LogP) is 2.63. The molecule has 0 unspecified atom stereocenters. The molecular formula is C11H9N3S. The number of benzene rings is 1. The minimum atomic E-state index is 0.669. The summed E-state index contributed by atoms with van der Waals surface area (Å²) in [5, 5.41) is 12.1. The summed E-state index contributed by atoms with van der Waals surface area (Å²) in [7, 11) is 0. The van der Waals surface area contributed by atoms with Crippen LogP contribution >= 0.6 is 11.3 Å². The Bertz CT molecular complexity index is 471. The largest absolute Gasteiger partial charge is 0.379 e. The smallest absolute Gasteiger partial charge is 0.101 e. The number of nitrogens with one attached hydrogen (secondary N) is 1. The highest BCUT2D eigenvalue weighted by molar-refractivity contribution is 7.09. The lowest BCUT2D eigenvalue weighted by Gasteiger charge is -2.05. The van der Waals surface area contributed by atoms with Gasteiger partial charge in [0.2, 0.25) is 0 Å². The third-order valence-electron chi connectivity index (χ3n) is 1.98. The van der Waals surface area contributed by atoms with Crippen LogP contribution in [0.25, 0.3) is 0 Å². The molecule has 3 nitrogen and oxygen atoms in total. The van der Waals surface area contributed by atoms with Gasteiger partial charge in [-0.1, -0.05) is 12.1 Å². The minimum absolute atomic E-state index is 0.669. The third kappa shape index (κ3) is 2.33. The van der Waals surface area contributed by atoms with Crippen molar-refractivity contribution in [1.82, 2.24) is 4.98 Å². The molecule has 1 aromatic heterocycles. The van der Waals surface area contributed by atoms with Crippen LogP contribution < -0.4 is 5.32 Å². The van der Waals surface area contributed by atoms with E-state index in [9.17, 15) is 0 Å². The highest BCUT2D eigenvalue weighted by Crippen LogP contribution is 2.15. The molecule has 1 heterocycles. The summed E-state index contributed by atoms with van der Waals surface area (Å²) in [5.74, 6) is 0. The molecule has 0 atom stereocenters. The van der Waals surface area contributed by atoms with Gasteiger partial charge in [-0.3, -0.25) is 4.98 Å². The zero-order chi connectivity index (χ0) is 10.5. The van der Waals surface area contributed by atoms with Gasteiger partial charge in [-0.05, 0) is 12.1 Å². The van der Waals surface area contributed by atoms with Crippen molar-refractivity contribution in [3.05, 3.63) is 46.4 Å². The summed E-state index contributed by atoms with van der Waals surface area (Å²) < 4.78 is 0. The molecule has 0 saturated heterocycles. The SMILES string of the molecule is N#Cc1ccccc1NCc1cncs1. The van der Waals surface area contributed by atoms with Crippen molar-refractivity contribution in [2.24, 2.45) is 0 Å². The predicted molar refractivity (Wildman–Crippen MR) is 60.6 cm³/mol. The van der Waals surface area contributed by atoms with Gasteiger partial charge in [-0.15, -0.1) is 11.3 Å². The summed E-state index contributed by atoms with van der Waals surface area (Å²) in [6.07, 6.45) is 1.83. The van der Waals surface area contributed by atoms with Gasteiger partial charge < -0.3 is 5.32 Å². The number of aromatic nitrogens is 1. The summed E-state index contributed by atoms with van der Waals surface area (Å²) in [6, 6.07) is 9.62. The van der Waals surface area contributed by atoms with Crippen molar-refractivity contribution in [2.45, 2.75) is 6.54 Å². The lowest BCUT2D eigenvalue weighted by atomic mass is 10.2. The number of para-hydroxylation sites is 1. The van der Waals surface area contributed by atoms with E-state index in [0.717, 1.165) is 10.6 Å². The van der Waals surface area contributed by atoms with Gasteiger partial charge in [0.15, 0.2) is 0 Å². The Morgan fingerprint density at radius 3 is 3.00 bits per heavy atom. The van der Waals surface area contributed by atoms with E-state index in [1.54, 1.807) is 22.9 Å². The van der Waals surface area contributed by atoms with Crippen molar-refractivity contribution in [2.75, 3.05) is 5.32 Å². The average Bonchev–Trinajstić information content (AvgIpc) is 2.79. The van der Waals surface area contributed by atoms with Crippen molar-refractivity contribution >= 4 is 17.0 Å². The maximum Gasteiger partial charge on any atom is 0.101 e. The van der Waals surface area contributed by atoms with E-state index >= 15 is 0 Å². The van der Waals surface area contributed by atoms with E-state index < -0.39 is 0 Å². The van der Waals surface area contributed by atoms with Crippen molar-refractivity contribution in [3.63, 3.8) is 0 Å². The highest BCUT2D eigenvalue weighted by Gasteiger charge is 2.00. The van der Waals surface area contributed by atoms with Crippen LogP contribution in [-0.4, -0.2) is 4.98 Å². The first-order chi connectivity index (χ1) is 7.40. The Hall–Kier alpha value is -1.86. The number of anilines is 1. The van der Waals surface area contributed by atoms with Crippen molar-refractivity contribution in [3.8, 4) is 6.07 Å². The van der Waals surface area contributed by atoms with Gasteiger partial charge in [0, 0.05) is 11.1 Å². The zero-order valence-corrected chi connectivity index (χ0v) is 8.79. The number of rotatable bonds is 3. The van der Waals surface area contributed by atoms with Crippen molar-refractivity contribution < 1.29 is 0 Å². The summed E-state index contributed by atoms with van der Waals surface area (Å²) >= 11 is 1.60. The molecule has 0 fully saturated rings. The first kappa shape index (κ1) is 9.69. The van der Waals surface area contributed by atoms with Gasteiger partial charge in [0.05, 0.1) is 23.3 Å². The summed E-state index contributed by atoms with van der Waals surface area (Å²) in [5.41, 5.74) is 3.34. The molecule has 2 rings (SSSR count). The molecule has 4 heteroatoms. The van der Waals surface area contributed by atoms with Gasteiger partial charge in [0.1, 0.15) is 6.07 Å². The Morgan fingerprint density at radius 2 is 2.27 bits per heavy atom. The van der Waals surface area contributed by atoms with Gasteiger partial charge in [-0.25, -0.2) is 0 Å². The fourth-order valence-electron chi connectivity index (χ4n) is 1.25. The third-order valence-corrected chi connectivity index (χ3v) is 2.76. The van der Waals surface area contributed by atoms with E-state index in [4.69, 9.17) is 5.26 Å². The molecule has 2 aromatic rings. The quantitative estimate of drug-likeness (QED) is 0.856. The van der Waals surface area contributed by atoms with Crippen LogP contribution in [0, 0.1) is 11.3 Å². The lowest BCUT2D eigenvalue weighted by molar-refractivity contribution is 1.17. The van der Waals surface area contributed by atoms with E-state index in [1.807, 2.05) is 24.4 Å². The zero-order valence-electron chi connectivity index (χ0n) is 7.97. The molecule has 0 spiro atoms. The molecule has 1 N–H and O–H groups in total. The Morgan fingerprint density at radius 1 is 1.40 bits per heavy atom. The number of nitriles is 1. The second kappa shape index (κ2) is 4.58. The van der Waals surface area contributed by atoms with E-state index in [1.165, 1.54) is 0 Å². The van der Waals surface area contributed by atoms with Crippen LogP contribution in [0.3, 0.4) is 0 Å².